The minimum absolute atomic E-state index is 0.717. The van der Waals surface area contributed by atoms with E-state index in [1.807, 2.05) is 19.1 Å². The highest BCUT2D eigenvalue weighted by Crippen LogP contribution is 2.18. The summed E-state index contributed by atoms with van der Waals surface area (Å²) in [5.41, 5.74) is 2.60. The number of hydrogen-bond donors (Lipinski definition) is 0. The van der Waals surface area contributed by atoms with Crippen molar-refractivity contribution >= 4 is 6.08 Å². The van der Waals surface area contributed by atoms with E-state index in [4.69, 9.17) is 9.47 Å². The lowest BCUT2D eigenvalue weighted by Crippen LogP contribution is -1.90. The highest BCUT2D eigenvalue weighted by molar-refractivity contribution is 5.54. The third-order valence-electron chi connectivity index (χ3n) is 2.42. The molecule has 1 aliphatic heterocycles. The fourth-order valence-electron chi connectivity index (χ4n) is 1.66. The van der Waals surface area contributed by atoms with Crippen molar-refractivity contribution in [1.29, 1.82) is 0 Å². The van der Waals surface area contributed by atoms with Crippen molar-refractivity contribution < 1.29 is 9.47 Å². The van der Waals surface area contributed by atoms with Crippen molar-refractivity contribution in [3.63, 3.8) is 0 Å². The monoisotopic (exact) mass is 204 g/mol. The van der Waals surface area contributed by atoms with Crippen LogP contribution in [0.15, 0.2) is 29.8 Å². The molecule has 0 spiro atoms. The summed E-state index contributed by atoms with van der Waals surface area (Å²) in [4.78, 5) is 0. The van der Waals surface area contributed by atoms with Crippen molar-refractivity contribution in [2.24, 2.45) is 0 Å². The van der Waals surface area contributed by atoms with Gasteiger partial charge in [0.1, 0.15) is 5.75 Å². The van der Waals surface area contributed by atoms with E-state index in [1.165, 1.54) is 11.1 Å². The van der Waals surface area contributed by atoms with Gasteiger partial charge in [-0.05, 0) is 36.6 Å². The second-order valence-corrected chi connectivity index (χ2v) is 3.61. The van der Waals surface area contributed by atoms with E-state index < -0.39 is 0 Å². The average Bonchev–Trinajstić information content (AvgIpc) is 2.74. The number of hydrogen-bond acceptors (Lipinski definition) is 2. The minimum Gasteiger partial charge on any atom is -0.494 e. The van der Waals surface area contributed by atoms with Crippen molar-refractivity contribution in [3.8, 4) is 5.75 Å². The van der Waals surface area contributed by atoms with E-state index in [1.54, 1.807) is 0 Å². The molecule has 2 rings (SSSR count). The second-order valence-electron chi connectivity index (χ2n) is 3.61. The third kappa shape index (κ3) is 2.83. The lowest BCUT2D eigenvalue weighted by molar-refractivity contribution is 0.205. The fourth-order valence-corrected chi connectivity index (χ4v) is 1.66. The van der Waals surface area contributed by atoms with E-state index in [0.29, 0.717) is 6.61 Å². The van der Waals surface area contributed by atoms with Crippen LogP contribution in [-0.4, -0.2) is 19.8 Å². The molecule has 1 fully saturated rings. The van der Waals surface area contributed by atoms with Crippen molar-refractivity contribution in [2.75, 3.05) is 19.8 Å². The van der Waals surface area contributed by atoms with Gasteiger partial charge < -0.3 is 9.47 Å². The molecule has 1 heterocycles. The first-order valence-corrected chi connectivity index (χ1v) is 5.38. The standard InChI is InChI=1S/C13H16O2/c1-2-15-13-5-3-11(4-6-13)9-12-7-8-14-10-12/h3-6,9H,2,7-8,10H2,1H3/b12-9-. The highest BCUT2D eigenvalue weighted by Gasteiger charge is 2.06. The van der Waals surface area contributed by atoms with Crippen LogP contribution >= 0.6 is 0 Å². The Morgan fingerprint density at radius 2 is 2.13 bits per heavy atom. The second kappa shape index (κ2) is 4.99. The Kier molecular flexibility index (Phi) is 3.41. The third-order valence-corrected chi connectivity index (χ3v) is 2.42. The zero-order valence-electron chi connectivity index (χ0n) is 9.03. The Hall–Kier alpha value is -1.28. The van der Waals surface area contributed by atoms with E-state index in [-0.39, 0.29) is 0 Å². The smallest absolute Gasteiger partial charge is 0.119 e. The first-order valence-electron chi connectivity index (χ1n) is 5.38. The summed E-state index contributed by atoms with van der Waals surface area (Å²) >= 11 is 0. The lowest BCUT2D eigenvalue weighted by Gasteiger charge is -2.02. The Morgan fingerprint density at radius 3 is 2.73 bits per heavy atom. The maximum absolute atomic E-state index is 5.39. The molecule has 15 heavy (non-hydrogen) atoms. The van der Waals surface area contributed by atoms with Gasteiger partial charge in [-0.2, -0.15) is 0 Å². The molecule has 0 saturated carbocycles. The number of rotatable bonds is 3. The molecule has 1 aromatic carbocycles. The Labute approximate surface area is 90.5 Å². The molecule has 2 nitrogen and oxygen atoms in total. The SMILES string of the molecule is CCOc1ccc(/C=C2/CCOC2)cc1. The molecule has 0 aliphatic carbocycles. The molecule has 0 N–H and O–H groups in total. The molecule has 80 valence electrons. The first-order chi connectivity index (χ1) is 7.38. The quantitative estimate of drug-likeness (QED) is 0.753. The predicted molar refractivity (Wildman–Crippen MR) is 61.0 cm³/mol. The molecule has 1 aliphatic rings. The van der Waals surface area contributed by atoms with Gasteiger partial charge in [0, 0.05) is 0 Å². The van der Waals surface area contributed by atoms with Gasteiger partial charge in [-0.15, -0.1) is 0 Å². The van der Waals surface area contributed by atoms with Crippen LogP contribution in [0.2, 0.25) is 0 Å². The van der Waals surface area contributed by atoms with Gasteiger partial charge in [0.05, 0.1) is 19.8 Å². The highest BCUT2D eigenvalue weighted by atomic mass is 16.5. The van der Waals surface area contributed by atoms with Crippen LogP contribution < -0.4 is 4.74 Å². The largest absolute Gasteiger partial charge is 0.494 e. The summed E-state index contributed by atoms with van der Waals surface area (Å²) in [6.45, 7) is 4.36. The van der Waals surface area contributed by atoms with Crippen LogP contribution in [0.4, 0.5) is 0 Å². The Balaban J connectivity index is 2.06. The van der Waals surface area contributed by atoms with Crippen molar-refractivity contribution in [3.05, 3.63) is 35.4 Å². The van der Waals surface area contributed by atoms with Crippen LogP contribution in [0.1, 0.15) is 18.9 Å². The summed E-state index contributed by atoms with van der Waals surface area (Å²) in [6, 6.07) is 8.17. The lowest BCUT2D eigenvalue weighted by atomic mass is 10.1. The molecular weight excluding hydrogens is 188 g/mol. The Morgan fingerprint density at radius 1 is 1.33 bits per heavy atom. The van der Waals surface area contributed by atoms with Gasteiger partial charge in [0.15, 0.2) is 0 Å². The van der Waals surface area contributed by atoms with Crippen LogP contribution in [0.5, 0.6) is 5.75 Å². The Bertz CT molecular complexity index is 330. The average molecular weight is 204 g/mol. The summed E-state index contributed by atoms with van der Waals surface area (Å²) in [6.07, 6.45) is 3.26. The summed E-state index contributed by atoms with van der Waals surface area (Å²) in [5, 5.41) is 0. The number of ether oxygens (including phenoxy) is 2. The normalized spacial score (nSPS) is 18.3. The van der Waals surface area contributed by atoms with Gasteiger partial charge in [0.25, 0.3) is 0 Å². The van der Waals surface area contributed by atoms with E-state index in [2.05, 4.69) is 18.2 Å². The fraction of sp³-hybridized carbons (Fsp3) is 0.385. The van der Waals surface area contributed by atoms with Crippen LogP contribution in [0.25, 0.3) is 6.08 Å². The van der Waals surface area contributed by atoms with Crippen LogP contribution in [0.3, 0.4) is 0 Å². The van der Waals surface area contributed by atoms with Gasteiger partial charge >= 0.3 is 0 Å². The molecular formula is C13H16O2. The molecule has 0 bridgehead atoms. The zero-order chi connectivity index (χ0) is 10.5. The van der Waals surface area contributed by atoms with Gasteiger partial charge in [-0.1, -0.05) is 18.2 Å². The zero-order valence-corrected chi connectivity index (χ0v) is 9.03. The summed E-state index contributed by atoms with van der Waals surface area (Å²) < 4.78 is 10.7. The van der Waals surface area contributed by atoms with E-state index in [0.717, 1.165) is 25.4 Å². The maximum Gasteiger partial charge on any atom is 0.119 e. The molecule has 2 heteroatoms. The summed E-state index contributed by atoms with van der Waals surface area (Å²) in [5.74, 6) is 0.933. The van der Waals surface area contributed by atoms with E-state index >= 15 is 0 Å². The van der Waals surface area contributed by atoms with Gasteiger partial charge in [-0.25, -0.2) is 0 Å². The number of benzene rings is 1. The predicted octanol–water partition coefficient (Wildman–Crippen LogP) is 2.89. The maximum atomic E-state index is 5.39. The molecule has 0 unspecified atom stereocenters. The molecule has 1 saturated heterocycles. The molecule has 0 radical (unpaired) electrons. The molecule has 0 atom stereocenters. The van der Waals surface area contributed by atoms with Crippen LogP contribution in [0, 0.1) is 0 Å². The molecule has 0 amide bonds. The van der Waals surface area contributed by atoms with Gasteiger partial charge in [-0.3, -0.25) is 0 Å². The van der Waals surface area contributed by atoms with Crippen molar-refractivity contribution in [1.82, 2.24) is 0 Å². The minimum atomic E-state index is 0.717. The van der Waals surface area contributed by atoms with Crippen molar-refractivity contribution in [2.45, 2.75) is 13.3 Å². The molecule has 1 aromatic rings. The topological polar surface area (TPSA) is 18.5 Å². The summed E-state index contributed by atoms with van der Waals surface area (Å²) in [7, 11) is 0. The first kappa shape index (κ1) is 10.2. The molecule has 0 aromatic heterocycles. The van der Waals surface area contributed by atoms with Gasteiger partial charge in [0.2, 0.25) is 0 Å². The van der Waals surface area contributed by atoms with Crippen LogP contribution in [-0.2, 0) is 4.74 Å². The van der Waals surface area contributed by atoms with E-state index in [9.17, 15) is 0 Å².